The predicted octanol–water partition coefficient (Wildman–Crippen LogP) is 5.12. The number of esters is 1. The Hall–Kier alpha value is -4.06. The molecule has 1 heterocycles. The number of methoxy groups -OCH3 is 1. The molecular formula is C24H18O6. The van der Waals surface area contributed by atoms with E-state index in [-0.39, 0.29) is 22.5 Å². The van der Waals surface area contributed by atoms with Crippen LogP contribution in [0.25, 0.3) is 11.0 Å². The second kappa shape index (κ2) is 8.13. The lowest BCUT2D eigenvalue weighted by Crippen LogP contribution is -2.10. The Kier molecular flexibility index (Phi) is 5.22. The van der Waals surface area contributed by atoms with Gasteiger partial charge in [0.2, 0.25) is 11.2 Å². The molecule has 0 atom stereocenters. The number of carbonyl (C=O) groups excluding carboxylic acids is 1. The van der Waals surface area contributed by atoms with E-state index in [0.29, 0.717) is 22.4 Å². The highest BCUT2D eigenvalue weighted by molar-refractivity contribution is 5.93. The van der Waals surface area contributed by atoms with Gasteiger partial charge in [-0.1, -0.05) is 24.3 Å². The molecule has 0 spiro atoms. The molecule has 4 aromatic rings. The number of benzene rings is 3. The second-order valence-electron chi connectivity index (χ2n) is 6.57. The average molecular weight is 402 g/mol. The molecule has 0 aliphatic carbocycles. The minimum Gasteiger partial charge on any atom is -0.497 e. The summed E-state index contributed by atoms with van der Waals surface area (Å²) in [6.07, 6.45) is 1.23. The summed E-state index contributed by atoms with van der Waals surface area (Å²) >= 11 is 0. The summed E-state index contributed by atoms with van der Waals surface area (Å²) in [5, 5.41) is 0.311. The zero-order chi connectivity index (χ0) is 21.1. The molecule has 0 bridgehead atoms. The summed E-state index contributed by atoms with van der Waals surface area (Å²) in [5.41, 5.74) is 1.24. The molecule has 150 valence electrons. The number of ether oxygens (including phenoxy) is 3. The Morgan fingerprint density at radius 1 is 0.900 bits per heavy atom. The molecule has 3 aromatic carbocycles. The van der Waals surface area contributed by atoms with E-state index in [1.165, 1.54) is 12.3 Å². The largest absolute Gasteiger partial charge is 0.497 e. The van der Waals surface area contributed by atoms with Crippen LogP contribution >= 0.6 is 0 Å². The molecule has 0 amide bonds. The third-order valence-electron chi connectivity index (χ3n) is 4.56. The molecule has 4 rings (SSSR count). The second-order valence-corrected chi connectivity index (χ2v) is 6.57. The molecule has 0 aliphatic heterocycles. The van der Waals surface area contributed by atoms with Gasteiger partial charge in [-0.3, -0.25) is 4.79 Å². The topological polar surface area (TPSA) is 75.0 Å². The molecule has 0 saturated heterocycles. The van der Waals surface area contributed by atoms with Gasteiger partial charge in [0.15, 0.2) is 0 Å². The first-order valence-corrected chi connectivity index (χ1v) is 9.20. The lowest BCUT2D eigenvalue weighted by atomic mass is 10.1. The predicted molar refractivity (Wildman–Crippen MR) is 112 cm³/mol. The standard InChI is InChI=1S/C24H18O6/c1-15-6-3-4-9-19(15)24(26)30-18-10-11-20-21(13-18)28-14-22(23(20)25)29-17-8-5-7-16(12-17)27-2/h3-14H,1-2H3. The van der Waals surface area contributed by atoms with Crippen LogP contribution in [0, 0.1) is 6.92 Å². The molecule has 0 saturated carbocycles. The molecule has 0 aliphatic rings. The summed E-state index contributed by atoms with van der Waals surface area (Å²) in [4.78, 5) is 25.2. The van der Waals surface area contributed by atoms with Crippen LogP contribution in [0.5, 0.6) is 23.0 Å². The molecule has 0 fully saturated rings. The normalized spacial score (nSPS) is 10.6. The van der Waals surface area contributed by atoms with Crippen molar-refractivity contribution >= 4 is 16.9 Å². The Morgan fingerprint density at radius 3 is 2.50 bits per heavy atom. The average Bonchev–Trinajstić information content (AvgIpc) is 2.76. The molecule has 0 N–H and O–H groups in total. The summed E-state index contributed by atoms with van der Waals surface area (Å²) in [5.74, 6) is 0.899. The van der Waals surface area contributed by atoms with Gasteiger partial charge in [-0.25, -0.2) is 4.79 Å². The molecule has 6 nitrogen and oxygen atoms in total. The van der Waals surface area contributed by atoms with Gasteiger partial charge in [-0.05, 0) is 42.8 Å². The van der Waals surface area contributed by atoms with E-state index in [4.69, 9.17) is 18.6 Å². The number of hydrogen-bond acceptors (Lipinski definition) is 6. The van der Waals surface area contributed by atoms with Crippen molar-refractivity contribution in [2.75, 3.05) is 7.11 Å². The van der Waals surface area contributed by atoms with Crippen LogP contribution in [-0.4, -0.2) is 13.1 Å². The summed E-state index contributed by atoms with van der Waals surface area (Å²) in [7, 11) is 1.55. The zero-order valence-corrected chi connectivity index (χ0v) is 16.4. The molecule has 1 aromatic heterocycles. The van der Waals surface area contributed by atoms with Gasteiger partial charge in [0, 0.05) is 12.1 Å². The van der Waals surface area contributed by atoms with Gasteiger partial charge < -0.3 is 18.6 Å². The highest BCUT2D eigenvalue weighted by atomic mass is 16.5. The number of aryl methyl sites for hydroxylation is 1. The Bertz CT molecular complexity index is 1290. The quantitative estimate of drug-likeness (QED) is 0.341. The highest BCUT2D eigenvalue weighted by Gasteiger charge is 2.14. The van der Waals surface area contributed by atoms with E-state index in [9.17, 15) is 9.59 Å². The van der Waals surface area contributed by atoms with E-state index in [1.807, 2.05) is 19.1 Å². The lowest BCUT2D eigenvalue weighted by molar-refractivity contribution is 0.0734. The summed E-state index contributed by atoms with van der Waals surface area (Å²) < 4.78 is 21.8. The molecule has 0 radical (unpaired) electrons. The minimum atomic E-state index is -0.479. The SMILES string of the molecule is COc1cccc(Oc2coc3cc(OC(=O)c4ccccc4C)ccc3c2=O)c1. The van der Waals surface area contributed by atoms with Crippen LogP contribution in [0.2, 0.25) is 0 Å². The first-order valence-electron chi connectivity index (χ1n) is 9.20. The Labute approximate surface area is 172 Å². The van der Waals surface area contributed by atoms with Gasteiger partial charge in [0.25, 0.3) is 0 Å². The van der Waals surface area contributed by atoms with Crippen LogP contribution in [0.4, 0.5) is 0 Å². The van der Waals surface area contributed by atoms with Crippen molar-refractivity contribution in [3.05, 3.63) is 94.3 Å². The van der Waals surface area contributed by atoms with E-state index < -0.39 is 5.97 Å². The van der Waals surface area contributed by atoms with Crippen LogP contribution < -0.4 is 19.6 Å². The van der Waals surface area contributed by atoms with Crippen molar-refractivity contribution in [1.29, 1.82) is 0 Å². The third-order valence-corrected chi connectivity index (χ3v) is 4.56. The monoisotopic (exact) mass is 402 g/mol. The third kappa shape index (κ3) is 3.89. The number of carbonyl (C=O) groups is 1. The van der Waals surface area contributed by atoms with Crippen LogP contribution in [-0.2, 0) is 0 Å². The number of fused-ring (bicyclic) bond motifs is 1. The van der Waals surface area contributed by atoms with Crippen LogP contribution in [0.1, 0.15) is 15.9 Å². The van der Waals surface area contributed by atoms with Crippen LogP contribution in [0.15, 0.2) is 82.2 Å². The van der Waals surface area contributed by atoms with Gasteiger partial charge in [-0.2, -0.15) is 0 Å². The zero-order valence-electron chi connectivity index (χ0n) is 16.4. The maximum Gasteiger partial charge on any atom is 0.343 e. The molecular weight excluding hydrogens is 384 g/mol. The van der Waals surface area contributed by atoms with Crippen molar-refractivity contribution in [3.8, 4) is 23.0 Å². The van der Waals surface area contributed by atoms with Gasteiger partial charge in [0.1, 0.15) is 29.1 Å². The van der Waals surface area contributed by atoms with Crippen LogP contribution in [0.3, 0.4) is 0 Å². The van der Waals surface area contributed by atoms with E-state index in [1.54, 1.807) is 55.6 Å². The van der Waals surface area contributed by atoms with Gasteiger partial charge in [-0.15, -0.1) is 0 Å². The van der Waals surface area contributed by atoms with Crippen molar-refractivity contribution in [2.24, 2.45) is 0 Å². The van der Waals surface area contributed by atoms with Gasteiger partial charge in [0.05, 0.1) is 18.1 Å². The van der Waals surface area contributed by atoms with Crippen molar-refractivity contribution < 1.29 is 23.4 Å². The summed E-state index contributed by atoms with van der Waals surface area (Å²) in [6.45, 7) is 1.83. The van der Waals surface area contributed by atoms with E-state index >= 15 is 0 Å². The lowest BCUT2D eigenvalue weighted by Gasteiger charge is -2.09. The number of rotatable bonds is 5. The minimum absolute atomic E-state index is 0.0420. The summed E-state index contributed by atoms with van der Waals surface area (Å²) in [6, 6.07) is 18.6. The molecule has 30 heavy (non-hydrogen) atoms. The van der Waals surface area contributed by atoms with Crippen molar-refractivity contribution in [2.45, 2.75) is 6.92 Å². The van der Waals surface area contributed by atoms with E-state index in [0.717, 1.165) is 5.56 Å². The maximum atomic E-state index is 12.8. The fourth-order valence-electron chi connectivity index (χ4n) is 2.98. The van der Waals surface area contributed by atoms with Crippen molar-refractivity contribution in [1.82, 2.24) is 0 Å². The van der Waals surface area contributed by atoms with E-state index in [2.05, 4.69) is 0 Å². The van der Waals surface area contributed by atoms with Crippen molar-refractivity contribution in [3.63, 3.8) is 0 Å². The first kappa shape index (κ1) is 19.3. The Morgan fingerprint density at radius 2 is 1.70 bits per heavy atom. The molecule has 6 heteroatoms. The fourth-order valence-corrected chi connectivity index (χ4v) is 2.98. The Balaban J connectivity index is 1.60. The fraction of sp³-hybridized carbons (Fsp3) is 0.0833. The smallest absolute Gasteiger partial charge is 0.343 e. The number of hydrogen-bond donors (Lipinski definition) is 0. The molecule has 0 unspecified atom stereocenters. The maximum absolute atomic E-state index is 12.8. The first-order chi connectivity index (χ1) is 14.5. The van der Waals surface area contributed by atoms with Gasteiger partial charge >= 0.3 is 5.97 Å². The highest BCUT2D eigenvalue weighted by Crippen LogP contribution is 2.26.